The summed E-state index contributed by atoms with van der Waals surface area (Å²) in [6.45, 7) is 3.25. The van der Waals surface area contributed by atoms with Gasteiger partial charge in [-0.2, -0.15) is 0 Å². The molecule has 0 unspecified atom stereocenters. The molecule has 1 heterocycles. The molecular formula is C9H16BrN3OS. The highest BCUT2D eigenvalue weighted by Gasteiger charge is 1.97. The zero-order chi connectivity index (χ0) is 11.1. The second-order valence-corrected chi connectivity index (χ2v) is 4.99. The molecule has 1 rings (SSSR count). The lowest BCUT2D eigenvalue weighted by molar-refractivity contribution is 0.126. The first kappa shape index (κ1) is 12.9. The summed E-state index contributed by atoms with van der Waals surface area (Å²) in [5, 5.41) is 6.07. The van der Waals surface area contributed by atoms with Gasteiger partial charge >= 0.3 is 0 Å². The van der Waals surface area contributed by atoms with Gasteiger partial charge in [0.1, 0.15) is 4.60 Å². The molecule has 0 atom stereocenters. The second-order valence-electron chi connectivity index (χ2n) is 3.32. The monoisotopic (exact) mass is 293 g/mol. The van der Waals surface area contributed by atoms with E-state index in [9.17, 15) is 0 Å². The van der Waals surface area contributed by atoms with Gasteiger partial charge in [0, 0.05) is 18.5 Å². The van der Waals surface area contributed by atoms with Crippen LogP contribution in [0.15, 0.2) is 9.98 Å². The lowest BCUT2D eigenvalue weighted by Gasteiger charge is -2.09. The maximum Gasteiger partial charge on any atom is 0.183 e. The van der Waals surface area contributed by atoms with Gasteiger partial charge in [0.05, 0.1) is 13.2 Å². The first-order valence-electron chi connectivity index (χ1n) is 4.76. The molecule has 0 saturated heterocycles. The molecule has 0 bridgehead atoms. The third-order valence-electron chi connectivity index (χ3n) is 1.68. The summed E-state index contributed by atoms with van der Waals surface area (Å²) in [4.78, 5) is 6.32. The van der Waals surface area contributed by atoms with E-state index in [1.807, 2.05) is 19.5 Å². The van der Waals surface area contributed by atoms with Crippen LogP contribution < -0.4 is 5.32 Å². The summed E-state index contributed by atoms with van der Waals surface area (Å²) in [7, 11) is 4.07. The number of nitrogens with zero attached hydrogens (tertiary/aromatic N) is 2. The summed E-state index contributed by atoms with van der Waals surface area (Å²) in [6.07, 6.45) is 0. The molecule has 0 aliphatic rings. The van der Waals surface area contributed by atoms with Crippen LogP contribution in [0.5, 0.6) is 0 Å². The van der Waals surface area contributed by atoms with Crippen LogP contribution >= 0.6 is 27.3 Å². The number of rotatable bonds is 7. The van der Waals surface area contributed by atoms with E-state index in [0.717, 1.165) is 29.4 Å². The van der Waals surface area contributed by atoms with Crippen molar-refractivity contribution in [1.29, 1.82) is 0 Å². The fourth-order valence-corrected chi connectivity index (χ4v) is 2.09. The third kappa shape index (κ3) is 6.09. The number of anilines is 1. The molecule has 86 valence electrons. The van der Waals surface area contributed by atoms with Crippen LogP contribution in [0.4, 0.5) is 5.13 Å². The average molecular weight is 294 g/mol. The summed E-state index contributed by atoms with van der Waals surface area (Å²) in [5.41, 5.74) is 0. The summed E-state index contributed by atoms with van der Waals surface area (Å²) in [6, 6.07) is 0. The molecule has 0 amide bonds. The van der Waals surface area contributed by atoms with E-state index >= 15 is 0 Å². The van der Waals surface area contributed by atoms with Gasteiger partial charge in [0.25, 0.3) is 0 Å². The van der Waals surface area contributed by atoms with Gasteiger partial charge in [-0.1, -0.05) is 0 Å². The minimum absolute atomic E-state index is 0.713. The Kier molecular flexibility index (Phi) is 6.16. The maximum absolute atomic E-state index is 5.43. The van der Waals surface area contributed by atoms with Gasteiger partial charge in [0.15, 0.2) is 5.13 Å². The molecule has 0 radical (unpaired) electrons. The highest BCUT2D eigenvalue weighted by Crippen LogP contribution is 2.18. The largest absolute Gasteiger partial charge is 0.378 e. The smallest absolute Gasteiger partial charge is 0.183 e. The molecule has 0 aromatic carbocycles. The van der Waals surface area contributed by atoms with Gasteiger partial charge in [-0.05, 0) is 30.0 Å². The highest BCUT2D eigenvalue weighted by molar-refractivity contribution is 9.10. The van der Waals surface area contributed by atoms with Crippen molar-refractivity contribution in [3.05, 3.63) is 9.98 Å². The van der Waals surface area contributed by atoms with Crippen molar-refractivity contribution in [2.45, 2.75) is 0 Å². The van der Waals surface area contributed by atoms with Crippen molar-refractivity contribution in [3.8, 4) is 0 Å². The van der Waals surface area contributed by atoms with Crippen molar-refractivity contribution in [2.75, 3.05) is 45.7 Å². The zero-order valence-corrected chi connectivity index (χ0v) is 11.4. The highest BCUT2D eigenvalue weighted by atomic mass is 79.9. The lowest BCUT2D eigenvalue weighted by Crippen LogP contribution is -2.19. The predicted octanol–water partition coefficient (Wildman–Crippen LogP) is 1.90. The van der Waals surface area contributed by atoms with Crippen molar-refractivity contribution in [1.82, 2.24) is 9.88 Å². The Morgan fingerprint density at radius 3 is 2.93 bits per heavy atom. The minimum Gasteiger partial charge on any atom is -0.378 e. The number of ether oxygens (including phenoxy) is 1. The van der Waals surface area contributed by atoms with Crippen molar-refractivity contribution >= 4 is 32.4 Å². The Balaban J connectivity index is 1.98. The Labute approximate surface area is 103 Å². The van der Waals surface area contributed by atoms with Gasteiger partial charge in [-0.3, -0.25) is 0 Å². The Bertz CT molecular complexity index is 280. The van der Waals surface area contributed by atoms with Crippen LogP contribution in [-0.4, -0.2) is 50.3 Å². The normalized spacial score (nSPS) is 10.9. The maximum atomic E-state index is 5.43. The van der Waals surface area contributed by atoms with E-state index in [4.69, 9.17) is 4.74 Å². The summed E-state index contributed by atoms with van der Waals surface area (Å²) >= 11 is 4.89. The number of aromatic nitrogens is 1. The Morgan fingerprint density at radius 1 is 1.53 bits per heavy atom. The van der Waals surface area contributed by atoms with Crippen LogP contribution in [-0.2, 0) is 4.74 Å². The SMILES string of the molecule is CN(C)CCOCCNc1nc(Br)cs1. The fourth-order valence-electron chi connectivity index (χ4n) is 0.915. The van der Waals surface area contributed by atoms with Crippen LogP contribution in [0.2, 0.25) is 0 Å². The lowest BCUT2D eigenvalue weighted by atomic mass is 10.6. The van der Waals surface area contributed by atoms with E-state index in [1.165, 1.54) is 0 Å². The van der Waals surface area contributed by atoms with Gasteiger partial charge in [0.2, 0.25) is 0 Å². The molecule has 4 nitrogen and oxygen atoms in total. The molecule has 0 aliphatic heterocycles. The second kappa shape index (κ2) is 7.16. The quantitative estimate of drug-likeness (QED) is 0.779. The van der Waals surface area contributed by atoms with E-state index < -0.39 is 0 Å². The predicted molar refractivity (Wildman–Crippen MR) is 67.7 cm³/mol. The number of nitrogens with one attached hydrogen (secondary N) is 1. The van der Waals surface area contributed by atoms with Crippen molar-refractivity contribution < 1.29 is 4.74 Å². The molecule has 6 heteroatoms. The average Bonchev–Trinajstić information content (AvgIpc) is 2.57. The number of thiazole rings is 1. The molecular weight excluding hydrogens is 278 g/mol. The Hall–Kier alpha value is -0.170. The Morgan fingerprint density at radius 2 is 2.33 bits per heavy atom. The van der Waals surface area contributed by atoms with E-state index in [0.29, 0.717) is 6.61 Å². The summed E-state index contributed by atoms with van der Waals surface area (Å²) in [5.74, 6) is 0. The van der Waals surface area contributed by atoms with E-state index in [-0.39, 0.29) is 0 Å². The van der Waals surface area contributed by atoms with Gasteiger partial charge < -0.3 is 15.0 Å². The molecule has 0 aliphatic carbocycles. The number of hydrogen-bond acceptors (Lipinski definition) is 5. The summed E-state index contributed by atoms with van der Waals surface area (Å²) < 4.78 is 6.31. The molecule has 0 saturated carbocycles. The van der Waals surface area contributed by atoms with Crippen LogP contribution in [0.25, 0.3) is 0 Å². The van der Waals surface area contributed by atoms with E-state index in [2.05, 4.69) is 31.1 Å². The van der Waals surface area contributed by atoms with Crippen molar-refractivity contribution in [3.63, 3.8) is 0 Å². The minimum atomic E-state index is 0.713. The van der Waals surface area contributed by atoms with Crippen LogP contribution in [0.3, 0.4) is 0 Å². The van der Waals surface area contributed by atoms with Gasteiger partial charge in [-0.15, -0.1) is 11.3 Å². The fraction of sp³-hybridized carbons (Fsp3) is 0.667. The van der Waals surface area contributed by atoms with E-state index in [1.54, 1.807) is 11.3 Å². The molecule has 1 N–H and O–H groups in total. The third-order valence-corrected chi connectivity index (χ3v) is 3.19. The number of hydrogen-bond donors (Lipinski definition) is 1. The first-order valence-corrected chi connectivity index (χ1v) is 6.43. The topological polar surface area (TPSA) is 37.4 Å². The number of likely N-dealkylation sites (N-methyl/N-ethyl adjacent to an activating group) is 1. The molecule has 1 aromatic heterocycles. The molecule has 1 aromatic rings. The van der Waals surface area contributed by atoms with Crippen molar-refractivity contribution in [2.24, 2.45) is 0 Å². The standard InChI is InChI=1S/C9H16BrN3OS/c1-13(2)4-6-14-5-3-11-9-12-8(10)7-15-9/h7H,3-6H2,1-2H3,(H,11,12). The molecule has 0 fully saturated rings. The zero-order valence-electron chi connectivity index (χ0n) is 8.99. The van der Waals surface area contributed by atoms with Crippen LogP contribution in [0.1, 0.15) is 0 Å². The van der Waals surface area contributed by atoms with Gasteiger partial charge in [-0.25, -0.2) is 4.98 Å². The first-order chi connectivity index (χ1) is 7.18. The molecule has 0 spiro atoms. The molecule has 15 heavy (non-hydrogen) atoms. The van der Waals surface area contributed by atoms with Crippen LogP contribution in [0, 0.1) is 0 Å². The number of halogens is 1.